The summed E-state index contributed by atoms with van der Waals surface area (Å²) in [5, 5.41) is 9.31. The Bertz CT molecular complexity index is 369. The average molecular weight is 266 g/mol. The maximum atomic E-state index is 9.31. The maximum absolute atomic E-state index is 9.31. The molecule has 1 fully saturated rings. The Morgan fingerprint density at radius 1 is 1.39 bits per heavy atom. The number of hydrogen-bond donors (Lipinski definition) is 1. The highest BCUT2D eigenvalue weighted by atomic mass is 32.2. The minimum Gasteiger partial charge on any atom is -0.396 e. The number of thioether (sulfide) groups is 1. The van der Waals surface area contributed by atoms with Gasteiger partial charge in [-0.1, -0.05) is 29.8 Å². The lowest BCUT2D eigenvalue weighted by molar-refractivity contribution is -0.121. The molecule has 0 saturated carbocycles. The van der Waals surface area contributed by atoms with Crippen molar-refractivity contribution in [3.63, 3.8) is 0 Å². The molecule has 0 radical (unpaired) electrons. The Labute approximate surface area is 114 Å². The predicted octanol–water partition coefficient (Wildman–Crippen LogP) is 2.67. The molecule has 1 aromatic carbocycles. The van der Waals surface area contributed by atoms with Gasteiger partial charge in [0.25, 0.3) is 0 Å². The van der Waals surface area contributed by atoms with Gasteiger partial charge in [-0.15, -0.1) is 0 Å². The smallest absolute Gasteiger partial charge is 0.0575 e. The molecule has 1 saturated heterocycles. The van der Waals surface area contributed by atoms with Gasteiger partial charge in [-0.2, -0.15) is 11.8 Å². The van der Waals surface area contributed by atoms with E-state index in [0.717, 1.165) is 31.1 Å². The number of aliphatic hydroxyl groups is 1. The second kappa shape index (κ2) is 6.60. The molecule has 2 rings (SSSR count). The van der Waals surface area contributed by atoms with Crippen molar-refractivity contribution in [3.05, 3.63) is 35.4 Å². The summed E-state index contributed by atoms with van der Waals surface area (Å²) in [7, 11) is 0. The normalized spacial score (nSPS) is 17.4. The number of aliphatic hydroxyl groups excluding tert-OH is 1. The lowest BCUT2D eigenvalue weighted by atomic mass is 9.90. The topological polar surface area (TPSA) is 29.5 Å². The van der Waals surface area contributed by atoms with Gasteiger partial charge >= 0.3 is 0 Å². The first-order valence-corrected chi connectivity index (χ1v) is 7.71. The van der Waals surface area contributed by atoms with Gasteiger partial charge in [0.15, 0.2) is 0 Å². The number of hydrogen-bond acceptors (Lipinski definition) is 3. The van der Waals surface area contributed by atoms with Gasteiger partial charge in [-0.05, 0) is 31.1 Å². The third kappa shape index (κ3) is 3.74. The van der Waals surface area contributed by atoms with E-state index in [4.69, 9.17) is 4.74 Å². The lowest BCUT2D eigenvalue weighted by Crippen LogP contribution is -2.47. The van der Waals surface area contributed by atoms with Gasteiger partial charge in [0.05, 0.1) is 19.8 Å². The third-order valence-electron chi connectivity index (χ3n) is 3.40. The van der Waals surface area contributed by atoms with E-state index in [2.05, 4.69) is 31.2 Å². The molecule has 1 heterocycles. The zero-order valence-electron chi connectivity index (χ0n) is 11.0. The molecule has 0 spiro atoms. The van der Waals surface area contributed by atoms with Gasteiger partial charge < -0.3 is 9.84 Å². The first-order valence-electron chi connectivity index (χ1n) is 6.56. The highest BCUT2D eigenvalue weighted by Gasteiger charge is 2.37. The third-order valence-corrected chi connectivity index (χ3v) is 4.79. The van der Waals surface area contributed by atoms with Crippen molar-refractivity contribution in [1.29, 1.82) is 0 Å². The van der Waals surface area contributed by atoms with Crippen molar-refractivity contribution < 1.29 is 9.84 Å². The second-order valence-corrected chi connectivity index (χ2v) is 6.40. The molecule has 1 aromatic rings. The van der Waals surface area contributed by atoms with Crippen LogP contribution in [0.3, 0.4) is 0 Å². The fourth-order valence-electron chi connectivity index (χ4n) is 2.15. The summed E-state index contributed by atoms with van der Waals surface area (Å²) in [6.45, 7) is 3.86. The molecule has 0 atom stereocenters. The molecule has 0 unspecified atom stereocenters. The minimum atomic E-state index is 0.0635. The highest BCUT2D eigenvalue weighted by molar-refractivity contribution is 7.99. The summed E-state index contributed by atoms with van der Waals surface area (Å²) >= 11 is 1.94. The molecule has 0 aliphatic carbocycles. The average Bonchev–Trinajstić information content (AvgIpc) is 2.32. The van der Waals surface area contributed by atoms with Gasteiger partial charge in [0.1, 0.15) is 0 Å². The van der Waals surface area contributed by atoms with Crippen LogP contribution in [0.4, 0.5) is 0 Å². The van der Waals surface area contributed by atoms with E-state index < -0.39 is 0 Å². The SMILES string of the molecule is Cc1cccc(CCCSCC2(CO)COC2)c1. The van der Waals surface area contributed by atoms with Crippen LogP contribution >= 0.6 is 11.8 Å². The highest BCUT2D eigenvalue weighted by Crippen LogP contribution is 2.31. The summed E-state index contributed by atoms with van der Waals surface area (Å²) in [6, 6.07) is 8.73. The van der Waals surface area contributed by atoms with Crippen LogP contribution in [0.25, 0.3) is 0 Å². The van der Waals surface area contributed by atoms with Crippen LogP contribution in [0.5, 0.6) is 0 Å². The van der Waals surface area contributed by atoms with E-state index in [9.17, 15) is 5.11 Å². The molecule has 1 aliphatic rings. The van der Waals surface area contributed by atoms with Crippen molar-refractivity contribution in [2.75, 3.05) is 31.3 Å². The zero-order chi connectivity index (χ0) is 12.8. The summed E-state index contributed by atoms with van der Waals surface area (Å²) in [5.74, 6) is 2.19. The molecule has 2 nitrogen and oxygen atoms in total. The molecule has 0 bridgehead atoms. The van der Waals surface area contributed by atoms with Gasteiger partial charge in [0, 0.05) is 11.2 Å². The van der Waals surface area contributed by atoms with Crippen molar-refractivity contribution in [2.45, 2.75) is 19.8 Å². The van der Waals surface area contributed by atoms with Crippen molar-refractivity contribution in [3.8, 4) is 0 Å². The van der Waals surface area contributed by atoms with Crippen molar-refractivity contribution in [1.82, 2.24) is 0 Å². The minimum absolute atomic E-state index is 0.0635. The van der Waals surface area contributed by atoms with Crippen LogP contribution in [-0.4, -0.2) is 36.4 Å². The standard InChI is InChI=1S/C15H22O2S/c1-13-4-2-5-14(8-13)6-3-7-18-12-15(9-16)10-17-11-15/h2,4-5,8,16H,3,6-7,9-12H2,1H3. The van der Waals surface area contributed by atoms with Crippen LogP contribution in [-0.2, 0) is 11.2 Å². The van der Waals surface area contributed by atoms with Gasteiger partial charge in [-0.25, -0.2) is 0 Å². The molecule has 0 aromatic heterocycles. The van der Waals surface area contributed by atoms with Crippen molar-refractivity contribution >= 4 is 11.8 Å². The molecular weight excluding hydrogens is 244 g/mol. The van der Waals surface area contributed by atoms with E-state index in [1.54, 1.807) is 0 Å². The Hall–Kier alpha value is -0.510. The van der Waals surface area contributed by atoms with Crippen LogP contribution in [0.2, 0.25) is 0 Å². The van der Waals surface area contributed by atoms with Crippen molar-refractivity contribution in [2.24, 2.45) is 5.41 Å². The Balaban J connectivity index is 1.61. The summed E-state index contributed by atoms with van der Waals surface area (Å²) in [4.78, 5) is 0. The summed E-state index contributed by atoms with van der Waals surface area (Å²) in [6.07, 6.45) is 2.35. The second-order valence-electron chi connectivity index (χ2n) is 5.30. The number of aryl methyl sites for hydroxylation is 2. The van der Waals surface area contributed by atoms with E-state index in [-0.39, 0.29) is 12.0 Å². The van der Waals surface area contributed by atoms with Gasteiger partial charge in [0.2, 0.25) is 0 Å². The fraction of sp³-hybridized carbons (Fsp3) is 0.600. The van der Waals surface area contributed by atoms with Crippen LogP contribution < -0.4 is 0 Å². The van der Waals surface area contributed by atoms with E-state index in [0.29, 0.717) is 0 Å². The Kier molecular flexibility index (Phi) is 5.10. The first-order chi connectivity index (χ1) is 8.74. The lowest BCUT2D eigenvalue weighted by Gasteiger charge is -2.39. The largest absolute Gasteiger partial charge is 0.396 e. The van der Waals surface area contributed by atoms with E-state index >= 15 is 0 Å². The number of benzene rings is 1. The molecule has 0 amide bonds. The molecular formula is C15H22O2S. The molecule has 100 valence electrons. The number of ether oxygens (including phenoxy) is 1. The monoisotopic (exact) mass is 266 g/mol. The van der Waals surface area contributed by atoms with Crippen LogP contribution in [0.15, 0.2) is 24.3 Å². The Morgan fingerprint density at radius 3 is 2.83 bits per heavy atom. The molecule has 3 heteroatoms. The molecule has 1 N–H and O–H groups in total. The summed E-state index contributed by atoms with van der Waals surface area (Å²) < 4.78 is 5.20. The van der Waals surface area contributed by atoms with E-state index in [1.165, 1.54) is 17.5 Å². The Morgan fingerprint density at radius 2 is 2.22 bits per heavy atom. The summed E-state index contributed by atoms with van der Waals surface area (Å²) in [5.41, 5.74) is 2.83. The van der Waals surface area contributed by atoms with Crippen LogP contribution in [0, 0.1) is 12.3 Å². The number of rotatable bonds is 7. The van der Waals surface area contributed by atoms with Crippen LogP contribution in [0.1, 0.15) is 17.5 Å². The fourth-order valence-corrected chi connectivity index (χ4v) is 3.33. The zero-order valence-corrected chi connectivity index (χ0v) is 11.8. The van der Waals surface area contributed by atoms with Gasteiger partial charge in [-0.3, -0.25) is 0 Å². The quantitative estimate of drug-likeness (QED) is 0.769. The molecule has 18 heavy (non-hydrogen) atoms. The molecule has 1 aliphatic heterocycles. The first kappa shape index (κ1) is 13.9. The van der Waals surface area contributed by atoms with E-state index in [1.807, 2.05) is 11.8 Å². The predicted molar refractivity (Wildman–Crippen MR) is 77.2 cm³/mol. The maximum Gasteiger partial charge on any atom is 0.0575 e.